The molecule has 1 heterocycles. The molecule has 1 saturated heterocycles. The van der Waals surface area contributed by atoms with Gasteiger partial charge in [0.05, 0.1) is 26.4 Å². The first-order chi connectivity index (χ1) is 12.0. The third-order valence-electron chi connectivity index (χ3n) is 4.65. The third-order valence-corrected chi connectivity index (χ3v) is 4.65. The summed E-state index contributed by atoms with van der Waals surface area (Å²) in [5.74, 6) is 1.36. The van der Waals surface area contributed by atoms with Gasteiger partial charge in [-0.2, -0.15) is 0 Å². The first kappa shape index (κ1) is 19.4. The highest BCUT2D eigenvalue weighted by molar-refractivity contribution is 5.75. The van der Waals surface area contributed by atoms with Crippen LogP contribution in [0.5, 0.6) is 11.5 Å². The Kier molecular flexibility index (Phi) is 6.93. The van der Waals surface area contributed by atoms with Gasteiger partial charge < -0.3 is 24.4 Å². The smallest absolute Gasteiger partial charge is 0.317 e. The number of urea groups is 1. The number of piperidine rings is 1. The van der Waals surface area contributed by atoms with Crippen molar-refractivity contribution >= 4 is 6.03 Å². The van der Waals surface area contributed by atoms with E-state index in [-0.39, 0.29) is 18.2 Å². The van der Waals surface area contributed by atoms with E-state index in [1.807, 2.05) is 37.8 Å². The highest BCUT2D eigenvalue weighted by Crippen LogP contribution is 2.33. The molecule has 1 aromatic rings. The fourth-order valence-corrected chi connectivity index (χ4v) is 3.31. The molecule has 140 valence electrons. The molecule has 1 fully saturated rings. The number of nitrogens with one attached hydrogen (secondary N) is 1. The van der Waals surface area contributed by atoms with Crippen LogP contribution in [0.2, 0.25) is 0 Å². The fourth-order valence-electron chi connectivity index (χ4n) is 3.31. The lowest BCUT2D eigenvalue weighted by atomic mass is 10.0. The van der Waals surface area contributed by atoms with Crippen molar-refractivity contribution in [1.82, 2.24) is 10.2 Å². The van der Waals surface area contributed by atoms with Crippen molar-refractivity contribution in [2.24, 2.45) is 0 Å². The first-order valence-electron chi connectivity index (χ1n) is 8.89. The molecular formula is C19H30N2O4. The minimum atomic E-state index is -0.125. The van der Waals surface area contributed by atoms with E-state index >= 15 is 0 Å². The third kappa shape index (κ3) is 4.78. The van der Waals surface area contributed by atoms with Gasteiger partial charge in [-0.1, -0.05) is 0 Å². The summed E-state index contributed by atoms with van der Waals surface area (Å²) in [6.45, 7) is 8.08. The van der Waals surface area contributed by atoms with Gasteiger partial charge in [0.2, 0.25) is 0 Å². The van der Waals surface area contributed by atoms with Crippen LogP contribution in [0.4, 0.5) is 4.79 Å². The topological polar surface area (TPSA) is 60.0 Å². The van der Waals surface area contributed by atoms with Crippen molar-refractivity contribution in [2.75, 3.05) is 33.9 Å². The molecule has 0 aromatic heterocycles. The maximum atomic E-state index is 12.6. The van der Waals surface area contributed by atoms with Crippen LogP contribution in [0.15, 0.2) is 12.1 Å². The van der Waals surface area contributed by atoms with Crippen LogP contribution in [0.25, 0.3) is 0 Å². The van der Waals surface area contributed by atoms with Gasteiger partial charge in [0, 0.05) is 19.7 Å². The summed E-state index contributed by atoms with van der Waals surface area (Å²) in [6.07, 6.45) is 2.13. The van der Waals surface area contributed by atoms with Gasteiger partial charge in [-0.05, 0) is 56.9 Å². The van der Waals surface area contributed by atoms with Crippen molar-refractivity contribution in [2.45, 2.75) is 45.8 Å². The molecule has 6 heteroatoms. The Morgan fingerprint density at radius 1 is 1.32 bits per heavy atom. The molecule has 0 radical (unpaired) electrons. The molecule has 25 heavy (non-hydrogen) atoms. The minimum Gasteiger partial charge on any atom is -0.493 e. The summed E-state index contributed by atoms with van der Waals surface area (Å²) in [6, 6.07) is 3.69. The lowest BCUT2D eigenvalue weighted by Gasteiger charge is -2.33. The highest BCUT2D eigenvalue weighted by Gasteiger charge is 2.25. The van der Waals surface area contributed by atoms with E-state index in [2.05, 4.69) is 5.32 Å². The Morgan fingerprint density at radius 2 is 2.00 bits per heavy atom. The molecular weight excluding hydrogens is 320 g/mol. The molecule has 1 aliphatic heterocycles. The molecule has 0 bridgehead atoms. The van der Waals surface area contributed by atoms with E-state index in [4.69, 9.17) is 14.2 Å². The zero-order valence-electron chi connectivity index (χ0n) is 15.9. The van der Waals surface area contributed by atoms with Gasteiger partial charge in [-0.3, -0.25) is 0 Å². The molecule has 0 saturated carbocycles. The van der Waals surface area contributed by atoms with Crippen LogP contribution in [-0.4, -0.2) is 51.0 Å². The van der Waals surface area contributed by atoms with Crippen LogP contribution in [-0.2, 0) is 4.74 Å². The van der Waals surface area contributed by atoms with Gasteiger partial charge in [-0.15, -0.1) is 0 Å². The number of benzene rings is 1. The molecule has 0 unspecified atom stereocenters. The van der Waals surface area contributed by atoms with E-state index in [9.17, 15) is 4.79 Å². The van der Waals surface area contributed by atoms with Crippen molar-refractivity contribution in [3.8, 4) is 11.5 Å². The SMILES string of the molecule is CCO[C@@H]1CCCN(C(=O)N[C@@H](C)c2cc(OC)c(OC)cc2C)C1. The molecule has 0 aliphatic carbocycles. The molecule has 0 spiro atoms. The number of hydrogen-bond acceptors (Lipinski definition) is 4. The quantitative estimate of drug-likeness (QED) is 0.855. The Hall–Kier alpha value is -1.95. The Balaban J connectivity index is 2.06. The fraction of sp³-hybridized carbons (Fsp3) is 0.632. The van der Waals surface area contributed by atoms with Crippen LogP contribution >= 0.6 is 0 Å². The largest absolute Gasteiger partial charge is 0.493 e. The zero-order chi connectivity index (χ0) is 18.4. The standard InChI is InChI=1S/C19H30N2O4/c1-6-25-15-8-7-9-21(12-15)19(22)20-14(3)16-11-18(24-5)17(23-4)10-13(16)2/h10-11,14-15H,6-9,12H2,1-5H3,(H,20,22)/t14-,15+/m0/s1. The number of carbonyl (C=O) groups is 1. The molecule has 1 aromatic carbocycles. The second kappa shape index (κ2) is 8.94. The molecule has 1 N–H and O–H groups in total. The number of ether oxygens (including phenoxy) is 3. The summed E-state index contributed by atoms with van der Waals surface area (Å²) in [4.78, 5) is 14.5. The normalized spacial score (nSPS) is 18.6. The number of amides is 2. The predicted octanol–water partition coefficient (Wildman–Crippen LogP) is 3.28. The number of rotatable bonds is 6. The number of methoxy groups -OCH3 is 2. The summed E-state index contributed by atoms with van der Waals surface area (Å²) < 4.78 is 16.4. The van der Waals surface area contributed by atoms with E-state index in [1.54, 1.807) is 14.2 Å². The van der Waals surface area contributed by atoms with Crippen molar-refractivity contribution < 1.29 is 19.0 Å². The second-order valence-corrected chi connectivity index (χ2v) is 6.40. The van der Waals surface area contributed by atoms with Crippen molar-refractivity contribution in [3.63, 3.8) is 0 Å². The maximum absolute atomic E-state index is 12.6. The number of likely N-dealkylation sites (tertiary alicyclic amines) is 1. The van der Waals surface area contributed by atoms with Crippen LogP contribution in [0.3, 0.4) is 0 Å². The van der Waals surface area contributed by atoms with Gasteiger partial charge in [0.1, 0.15) is 0 Å². The first-order valence-corrected chi connectivity index (χ1v) is 8.89. The maximum Gasteiger partial charge on any atom is 0.317 e. The molecule has 2 rings (SSSR count). The van der Waals surface area contributed by atoms with E-state index in [1.165, 1.54) is 0 Å². The van der Waals surface area contributed by atoms with Gasteiger partial charge >= 0.3 is 6.03 Å². The molecule has 6 nitrogen and oxygen atoms in total. The number of hydrogen-bond donors (Lipinski definition) is 1. The monoisotopic (exact) mass is 350 g/mol. The Labute approximate surface area is 150 Å². The highest BCUT2D eigenvalue weighted by atomic mass is 16.5. The zero-order valence-corrected chi connectivity index (χ0v) is 15.9. The molecule has 2 amide bonds. The lowest BCUT2D eigenvalue weighted by Crippen LogP contribution is -2.48. The number of carbonyl (C=O) groups excluding carboxylic acids is 1. The van der Waals surface area contributed by atoms with Crippen molar-refractivity contribution in [1.29, 1.82) is 0 Å². The predicted molar refractivity (Wildman–Crippen MR) is 97.5 cm³/mol. The van der Waals surface area contributed by atoms with Gasteiger partial charge in [0.25, 0.3) is 0 Å². The van der Waals surface area contributed by atoms with Crippen LogP contribution in [0, 0.1) is 6.92 Å². The summed E-state index contributed by atoms with van der Waals surface area (Å²) in [7, 11) is 3.23. The second-order valence-electron chi connectivity index (χ2n) is 6.40. The summed E-state index contributed by atoms with van der Waals surface area (Å²) in [5.41, 5.74) is 2.07. The average Bonchev–Trinajstić information content (AvgIpc) is 2.61. The lowest BCUT2D eigenvalue weighted by molar-refractivity contribution is 0.0162. The van der Waals surface area contributed by atoms with E-state index < -0.39 is 0 Å². The van der Waals surface area contributed by atoms with Crippen molar-refractivity contribution in [3.05, 3.63) is 23.3 Å². The van der Waals surface area contributed by atoms with Gasteiger partial charge in [0.15, 0.2) is 11.5 Å². The Bertz CT molecular complexity index is 589. The minimum absolute atomic E-state index is 0.0499. The van der Waals surface area contributed by atoms with E-state index in [0.29, 0.717) is 24.7 Å². The van der Waals surface area contributed by atoms with Crippen LogP contribution in [0.1, 0.15) is 43.9 Å². The average molecular weight is 350 g/mol. The molecule has 2 atom stereocenters. The molecule has 1 aliphatic rings. The Morgan fingerprint density at radius 3 is 2.64 bits per heavy atom. The van der Waals surface area contributed by atoms with Crippen LogP contribution < -0.4 is 14.8 Å². The van der Waals surface area contributed by atoms with E-state index in [0.717, 1.165) is 30.5 Å². The summed E-state index contributed by atoms with van der Waals surface area (Å²) >= 11 is 0. The van der Waals surface area contributed by atoms with Gasteiger partial charge in [-0.25, -0.2) is 4.79 Å². The number of aryl methyl sites for hydroxylation is 1. The number of nitrogens with zero attached hydrogens (tertiary/aromatic N) is 1. The summed E-state index contributed by atoms with van der Waals surface area (Å²) in [5, 5.41) is 3.09.